The first kappa shape index (κ1) is 18.6. The van der Waals surface area contributed by atoms with Crippen LogP contribution >= 0.6 is 0 Å². The van der Waals surface area contributed by atoms with Crippen molar-refractivity contribution in [2.45, 2.75) is 24.7 Å². The molecule has 0 radical (unpaired) electrons. The van der Waals surface area contributed by atoms with Gasteiger partial charge in [0.05, 0.1) is 23.6 Å². The second-order valence-electron chi connectivity index (χ2n) is 6.14. The van der Waals surface area contributed by atoms with Gasteiger partial charge in [-0.15, -0.1) is 0 Å². The van der Waals surface area contributed by atoms with Crippen molar-refractivity contribution in [3.63, 3.8) is 0 Å². The van der Waals surface area contributed by atoms with Gasteiger partial charge in [-0.1, -0.05) is 36.4 Å². The lowest BCUT2D eigenvalue weighted by Gasteiger charge is -2.24. The van der Waals surface area contributed by atoms with Crippen molar-refractivity contribution in [3.05, 3.63) is 71.8 Å². The molecule has 1 heterocycles. The topological polar surface area (TPSA) is 102 Å². The third-order valence-electron chi connectivity index (χ3n) is 4.19. The lowest BCUT2D eigenvalue weighted by Crippen LogP contribution is -2.46. The first-order valence-electron chi connectivity index (χ1n) is 8.50. The van der Waals surface area contributed by atoms with Crippen LogP contribution in [0.4, 0.5) is 0 Å². The van der Waals surface area contributed by atoms with Gasteiger partial charge in [0.15, 0.2) is 0 Å². The minimum absolute atomic E-state index is 0.0626. The summed E-state index contributed by atoms with van der Waals surface area (Å²) in [6.45, 7) is -0.335. The molecule has 7 nitrogen and oxygen atoms in total. The Morgan fingerprint density at radius 1 is 1.00 bits per heavy atom. The molecule has 1 aliphatic heterocycles. The van der Waals surface area contributed by atoms with Crippen molar-refractivity contribution in [1.29, 1.82) is 0 Å². The van der Waals surface area contributed by atoms with Gasteiger partial charge in [0, 0.05) is 0 Å². The number of hydrogen-bond donors (Lipinski definition) is 2. The normalized spacial score (nSPS) is 19.8. The van der Waals surface area contributed by atoms with E-state index in [0.29, 0.717) is 11.1 Å². The molecule has 0 spiro atoms. The van der Waals surface area contributed by atoms with Crippen molar-refractivity contribution in [2.24, 2.45) is 0 Å². The Kier molecular flexibility index (Phi) is 5.83. The Bertz CT molecular complexity index is 808. The standard InChI is InChI=1S/C20H19NO6/c22-15(12-26-19(24)13-7-3-1-4-8-13)18-16(11-17(23)21-18)27-20(25)14-9-5-2-6-10-14/h1-10,15-16,18,22H,11-12H2,(H,21,23)/t15-,16-,18-/m1/s1. The Hall–Kier alpha value is -3.19. The van der Waals surface area contributed by atoms with Crippen LogP contribution in [0, 0.1) is 0 Å². The highest BCUT2D eigenvalue weighted by atomic mass is 16.6. The average Bonchev–Trinajstić information content (AvgIpc) is 3.07. The van der Waals surface area contributed by atoms with Crippen molar-refractivity contribution in [3.8, 4) is 0 Å². The molecule has 0 bridgehead atoms. The Morgan fingerprint density at radius 2 is 1.56 bits per heavy atom. The fourth-order valence-corrected chi connectivity index (χ4v) is 2.81. The zero-order valence-corrected chi connectivity index (χ0v) is 14.4. The van der Waals surface area contributed by atoms with Crippen LogP contribution in [0.15, 0.2) is 60.7 Å². The molecule has 1 fully saturated rings. The zero-order valence-electron chi connectivity index (χ0n) is 14.4. The summed E-state index contributed by atoms with van der Waals surface area (Å²) in [5.74, 6) is -1.52. The summed E-state index contributed by atoms with van der Waals surface area (Å²) in [7, 11) is 0. The highest BCUT2D eigenvalue weighted by Crippen LogP contribution is 2.18. The number of hydrogen-bond acceptors (Lipinski definition) is 6. The number of amides is 1. The maximum absolute atomic E-state index is 12.2. The van der Waals surface area contributed by atoms with E-state index in [0.717, 1.165) is 0 Å². The third kappa shape index (κ3) is 4.71. The summed E-state index contributed by atoms with van der Waals surface area (Å²) in [5.41, 5.74) is 0.702. The van der Waals surface area contributed by atoms with Gasteiger partial charge in [-0.25, -0.2) is 9.59 Å². The van der Waals surface area contributed by atoms with Gasteiger partial charge in [0.25, 0.3) is 0 Å². The number of ether oxygens (including phenoxy) is 2. The Balaban J connectivity index is 1.59. The van der Waals surface area contributed by atoms with Gasteiger partial charge in [-0.05, 0) is 24.3 Å². The van der Waals surface area contributed by atoms with Gasteiger partial charge in [-0.3, -0.25) is 4.79 Å². The second-order valence-corrected chi connectivity index (χ2v) is 6.14. The van der Waals surface area contributed by atoms with Crippen molar-refractivity contribution < 1.29 is 29.0 Å². The fourth-order valence-electron chi connectivity index (χ4n) is 2.81. The predicted octanol–water partition coefficient (Wildman–Crippen LogP) is 1.32. The van der Waals surface area contributed by atoms with E-state index < -0.39 is 30.2 Å². The lowest BCUT2D eigenvalue weighted by molar-refractivity contribution is -0.119. The van der Waals surface area contributed by atoms with E-state index >= 15 is 0 Å². The highest BCUT2D eigenvalue weighted by Gasteiger charge is 2.40. The van der Waals surface area contributed by atoms with Crippen molar-refractivity contribution in [1.82, 2.24) is 5.32 Å². The van der Waals surface area contributed by atoms with Crippen LogP contribution in [-0.4, -0.2) is 47.8 Å². The maximum Gasteiger partial charge on any atom is 0.338 e. The van der Waals surface area contributed by atoms with Gasteiger partial charge in [0.2, 0.25) is 5.91 Å². The van der Waals surface area contributed by atoms with Crippen LogP contribution in [-0.2, 0) is 14.3 Å². The van der Waals surface area contributed by atoms with Crippen LogP contribution < -0.4 is 5.32 Å². The third-order valence-corrected chi connectivity index (χ3v) is 4.19. The number of aliphatic hydroxyl groups excluding tert-OH is 1. The van der Waals surface area contributed by atoms with E-state index in [-0.39, 0.29) is 18.9 Å². The number of rotatable bonds is 6. The molecule has 3 rings (SSSR count). The molecule has 27 heavy (non-hydrogen) atoms. The van der Waals surface area contributed by atoms with Crippen LogP contribution in [0.3, 0.4) is 0 Å². The number of nitrogens with one attached hydrogen (secondary N) is 1. The molecule has 0 saturated carbocycles. The molecule has 0 aliphatic carbocycles. The summed E-state index contributed by atoms with van der Waals surface area (Å²) in [5, 5.41) is 12.9. The van der Waals surface area contributed by atoms with E-state index in [2.05, 4.69) is 5.32 Å². The molecule has 2 aromatic carbocycles. The molecule has 1 saturated heterocycles. The largest absolute Gasteiger partial charge is 0.459 e. The van der Waals surface area contributed by atoms with E-state index in [4.69, 9.17) is 9.47 Å². The van der Waals surface area contributed by atoms with Crippen LogP contribution in [0.2, 0.25) is 0 Å². The minimum Gasteiger partial charge on any atom is -0.459 e. The summed E-state index contributed by atoms with van der Waals surface area (Å²) in [6.07, 6.45) is -2.12. The molecule has 0 unspecified atom stereocenters. The molecule has 140 valence electrons. The smallest absolute Gasteiger partial charge is 0.338 e. The Morgan fingerprint density at radius 3 is 2.15 bits per heavy atom. The van der Waals surface area contributed by atoms with E-state index in [9.17, 15) is 19.5 Å². The molecule has 1 aliphatic rings. The summed E-state index contributed by atoms with van der Waals surface area (Å²) >= 11 is 0. The summed E-state index contributed by atoms with van der Waals surface area (Å²) in [6, 6.07) is 15.9. The summed E-state index contributed by atoms with van der Waals surface area (Å²) < 4.78 is 10.5. The summed E-state index contributed by atoms with van der Waals surface area (Å²) in [4.78, 5) is 35.9. The van der Waals surface area contributed by atoms with Crippen LogP contribution in [0.25, 0.3) is 0 Å². The van der Waals surface area contributed by atoms with Crippen molar-refractivity contribution >= 4 is 17.8 Å². The SMILES string of the molecule is O=C1C[C@@H](OC(=O)c2ccccc2)[C@@H]([C@H](O)COC(=O)c2ccccc2)N1. The van der Waals surface area contributed by atoms with E-state index in [1.807, 2.05) is 0 Å². The highest BCUT2D eigenvalue weighted by molar-refractivity contribution is 5.90. The second kappa shape index (κ2) is 8.46. The van der Waals surface area contributed by atoms with E-state index in [1.54, 1.807) is 60.7 Å². The number of benzene rings is 2. The quantitative estimate of drug-likeness (QED) is 0.745. The molecule has 2 N–H and O–H groups in total. The van der Waals surface area contributed by atoms with Crippen LogP contribution in [0.5, 0.6) is 0 Å². The van der Waals surface area contributed by atoms with Gasteiger partial charge >= 0.3 is 11.9 Å². The molecule has 3 atom stereocenters. The van der Waals surface area contributed by atoms with Crippen molar-refractivity contribution in [2.75, 3.05) is 6.61 Å². The molecule has 2 aromatic rings. The number of carbonyl (C=O) groups excluding carboxylic acids is 3. The van der Waals surface area contributed by atoms with Gasteiger partial charge < -0.3 is 19.9 Å². The Labute approximate surface area is 155 Å². The molecule has 0 aromatic heterocycles. The first-order valence-corrected chi connectivity index (χ1v) is 8.50. The maximum atomic E-state index is 12.2. The molecule has 7 heteroatoms. The predicted molar refractivity (Wildman–Crippen MR) is 94.9 cm³/mol. The fraction of sp³-hybridized carbons (Fsp3) is 0.250. The minimum atomic E-state index is -1.21. The number of esters is 2. The average molecular weight is 369 g/mol. The van der Waals surface area contributed by atoms with Crippen LogP contribution in [0.1, 0.15) is 27.1 Å². The number of aliphatic hydroxyl groups is 1. The van der Waals surface area contributed by atoms with Gasteiger partial charge in [-0.2, -0.15) is 0 Å². The monoisotopic (exact) mass is 369 g/mol. The zero-order chi connectivity index (χ0) is 19.2. The van der Waals surface area contributed by atoms with E-state index in [1.165, 1.54) is 0 Å². The lowest BCUT2D eigenvalue weighted by atomic mass is 10.1. The molecule has 1 amide bonds. The molecular weight excluding hydrogens is 350 g/mol. The first-order chi connectivity index (χ1) is 13.0. The number of carbonyl (C=O) groups is 3. The molecular formula is C20H19NO6. The van der Waals surface area contributed by atoms with Gasteiger partial charge in [0.1, 0.15) is 18.8 Å².